The van der Waals surface area contributed by atoms with Crippen LogP contribution in [0, 0.1) is 13.8 Å². The van der Waals surface area contributed by atoms with Gasteiger partial charge < -0.3 is 9.47 Å². The molecule has 136 valence electrons. The fourth-order valence-corrected chi connectivity index (χ4v) is 2.81. The summed E-state index contributed by atoms with van der Waals surface area (Å²) in [5.41, 5.74) is 2.77. The van der Waals surface area contributed by atoms with Gasteiger partial charge in [0.15, 0.2) is 0 Å². The van der Waals surface area contributed by atoms with Gasteiger partial charge in [0, 0.05) is 6.61 Å². The van der Waals surface area contributed by atoms with Gasteiger partial charge in [-0.25, -0.2) is 4.79 Å². The number of rotatable bonds is 13. The van der Waals surface area contributed by atoms with E-state index in [1.807, 2.05) is 32.0 Å². The van der Waals surface area contributed by atoms with Crippen molar-refractivity contribution < 1.29 is 14.3 Å². The Hall–Kier alpha value is -1.35. The normalized spacial score (nSPS) is 10.8. The number of esters is 1. The lowest BCUT2D eigenvalue weighted by molar-refractivity contribution is 0.0312. The Morgan fingerprint density at radius 2 is 1.38 bits per heavy atom. The number of benzene rings is 1. The Labute approximate surface area is 147 Å². The lowest BCUT2D eigenvalue weighted by atomic mass is 10.1. The van der Waals surface area contributed by atoms with E-state index in [0.717, 1.165) is 24.2 Å². The van der Waals surface area contributed by atoms with Crippen molar-refractivity contribution >= 4 is 5.97 Å². The minimum Gasteiger partial charge on any atom is -0.460 e. The summed E-state index contributed by atoms with van der Waals surface area (Å²) >= 11 is 0. The van der Waals surface area contributed by atoms with Gasteiger partial charge in [-0.2, -0.15) is 0 Å². The number of unbranched alkanes of at least 4 members (excludes halogenated alkanes) is 7. The Kier molecular flexibility index (Phi) is 11.2. The van der Waals surface area contributed by atoms with E-state index in [9.17, 15) is 4.79 Å². The number of aryl methyl sites for hydroxylation is 2. The lowest BCUT2D eigenvalue weighted by Crippen LogP contribution is -2.11. The van der Waals surface area contributed by atoms with Gasteiger partial charge in [-0.1, -0.05) is 69.1 Å². The molecule has 0 N–H and O–H groups in total. The van der Waals surface area contributed by atoms with Gasteiger partial charge in [0.1, 0.15) is 6.61 Å². The average molecular weight is 335 g/mol. The molecule has 3 heteroatoms. The van der Waals surface area contributed by atoms with Crippen molar-refractivity contribution in [1.29, 1.82) is 0 Å². The smallest absolute Gasteiger partial charge is 0.338 e. The molecule has 0 heterocycles. The van der Waals surface area contributed by atoms with Crippen LogP contribution in [0.25, 0.3) is 0 Å². The van der Waals surface area contributed by atoms with E-state index in [-0.39, 0.29) is 5.97 Å². The summed E-state index contributed by atoms with van der Waals surface area (Å²) in [5.74, 6) is -0.266. The Bertz CT molecular complexity index is 448. The molecule has 1 aromatic carbocycles. The standard InChI is InChI=1S/C21H34O3/c1-4-5-6-7-8-9-10-11-12-23-13-14-24-21(22)20-16-18(2)15-19(3)17-20/h15-17H,4-14H2,1-3H3. The second kappa shape index (κ2) is 13.0. The molecular formula is C21H34O3. The van der Waals surface area contributed by atoms with Crippen LogP contribution in [0.1, 0.15) is 79.8 Å². The lowest BCUT2D eigenvalue weighted by Gasteiger charge is -2.07. The van der Waals surface area contributed by atoms with Gasteiger partial charge in [0.25, 0.3) is 0 Å². The van der Waals surface area contributed by atoms with Crippen molar-refractivity contribution in [2.24, 2.45) is 0 Å². The maximum Gasteiger partial charge on any atom is 0.338 e. The van der Waals surface area contributed by atoms with Gasteiger partial charge in [0.05, 0.1) is 12.2 Å². The zero-order valence-electron chi connectivity index (χ0n) is 15.7. The third-order valence-corrected chi connectivity index (χ3v) is 4.06. The fraction of sp³-hybridized carbons (Fsp3) is 0.667. The van der Waals surface area contributed by atoms with Gasteiger partial charge >= 0.3 is 5.97 Å². The molecule has 1 rings (SSSR count). The van der Waals surface area contributed by atoms with Crippen LogP contribution in [-0.2, 0) is 9.47 Å². The second-order valence-corrected chi connectivity index (χ2v) is 6.60. The van der Waals surface area contributed by atoms with Crippen LogP contribution in [0.3, 0.4) is 0 Å². The minimum absolute atomic E-state index is 0.266. The third kappa shape index (κ3) is 9.71. The van der Waals surface area contributed by atoms with Crippen LogP contribution in [0.4, 0.5) is 0 Å². The van der Waals surface area contributed by atoms with E-state index < -0.39 is 0 Å². The van der Waals surface area contributed by atoms with E-state index in [1.54, 1.807) is 0 Å². The molecule has 0 aliphatic carbocycles. The molecule has 0 aliphatic heterocycles. The monoisotopic (exact) mass is 334 g/mol. The highest BCUT2D eigenvalue weighted by molar-refractivity contribution is 5.89. The highest BCUT2D eigenvalue weighted by Crippen LogP contribution is 2.10. The summed E-state index contributed by atoms with van der Waals surface area (Å²) in [6.07, 6.45) is 10.4. The highest BCUT2D eigenvalue weighted by Gasteiger charge is 2.07. The predicted octanol–water partition coefficient (Wildman–Crippen LogP) is 5.62. The maximum absolute atomic E-state index is 12.0. The first kappa shape index (κ1) is 20.7. The van der Waals surface area contributed by atoms with Gasteiger partial charge in [-0.15, -0.1) is 0 Å². The largest absolute Gasteiger partial charge is 0.460 e. The van der Waals surface area contributed by atoms with Crippen LogP contribution in [0.5, 0.6) is 0 Å². The van der Waals surface area contributed by atoms with Crippen molar-refractivity contribution in [2.45, 2.75) is 72.1 Å². The van der Waals surface area contributed by atoms with Crippen LogP contribution in [0.2, 0.25) is 0 Å². The van der Waals surface area contributed by atoms with Crippen molar-refractivity contribution in [3.8, 4) is 0 Å². The quantitative estimate of drug-likeness (QED) is 0.347. The van der Waals surface area contributed by atoms with Crippen molar-refractivity contribution in [3.63, 3.8) is 0 Å². The molecule has 0 spiro atoms. The number of carbonyl (C=O) groups excluding carboxylic acids is 1. The van der Waals surface area contributed by atoms with Crippen molar-refractivity contribution in [2.75, 3.05) is 19.8 Å². The number of ether oxygens (including phenoxy) is 2. The van der Waals surface area contributed by atoms with E-state index in [0.29, 0.717) is 18.8 Å². The molecule has 24 heavy (non-hydrogen) atoms. The number of hydrogen-bond acceptors (Lipinski definition) is 3. The Morgan fingerprint density at radius 1 is 0.792 bits per heavy atom. The summed E-state index contributed by atoms with van der Waals surface area (Å²) in [6.45, 7) is 7.77. The maximum atomic E-state index is 12.0. The molecule has 0 bridgehead atoms. The summed E-state index contributed by atoms with van der Waals surface area (Å²) in [5, 5.41) is 0. The van der Waals surface area contributed by atoms with E-state index in [1.165, 1.54) is 44.9 Å². The van der Waals surface area contributed by atoms with Gasteiger partial charge in [0.2, 0.25) is 0 Å². The van der Waals surface area contributed by atoms with E-state index in [2.05, 4.69) is 6.92 Å². The van der Waals surface area contributed by atoms with Gasteiger partial charge in [-0.3, -0.25) is 0 Å². The molecule has 1 aromatic rings. The predicted molar refractivity (Wildman–Crippen MR) is 99.6 cm³/mol. The molecule has 0 aromatic heterocycles. The Morgan fingerprint density at radius 3 is 2.00 bits per heavy atom. The van der Waals surface area contributed by atoms with Crippen LogP contribution in [0.15, 0.2) is 18.2 Å². The fourth-order valence-electron chi connectivity index (χ4n) is 2.81. The third-order valence-electron chi connectivity index (χ3n) is 4.06. The topological polar surface area (TPSA) is 35.5 Å². The molecule has 0 aliphatic rings. The molecule has 0 unspecified atom stereocenters. The van der Waals surface area contributed by atoms with Crippen molar-refractivity contribution in [1.82, 2.24) is 0 Å². The average Bonchev–Trinajstić information content (AvgIpc) is 2.54. The molecule has 0 saturated carbocycles. The second-order valence-electron chi connectivity index (χ2n) is 6.60. The first-order valence-corrected chi connectivity index (χ1v) is 9.46. The molecule has 0 amide bonds. The molecule has 0 saturated heterocycles. The number of carbonyl (C=O) groups is 1. The molecule has 0 fully saturated rings. The van der Waals surface area contributed by atoms with E-state index in [4.69, 9.17) is 9.47 Å². The summed E-state index contributed by atoms with van der Waals surface area (Å²) < 4.78 is 10.8. The van der Waals surface area contributed by atoms with Gasteiger partial charge in [-0.05, 0) is 32.4 Å². The van der Waals surface area contributed by atoms with Crippen LogP contribution in [-0.4, -0.2) is 25.8 Å². The Balaban J connectivity index is 1.97. The summed E-state index contributed by atoms with van der Waals surface area (Å²) in [6, 6.07) is 5.76. The molecule has 0 radical (unpaired) electrons. The van der Waals surface area contributed by atoms with Crippen molar-refractivity contribution in [3.05, 3.63) is 34.9 Å². The zero-order chi connectivity index (χ0) is 17.6. The number of hydrogen-bond donors (Lipinski definition) is 0. The first-order chi connectivity index (χ1) is 11.6. The summed E-state index contributed by atoms with van der Waals surface area (Å²) in [4.78, 5) is 12.0. The zero-order valence-corrected chi connectivity index (χ0v) is 15.7. The minimum atomic E-state index is -0.266. The molecular weight excluding hydrogens is 300 g/mol. The molecule has 0 atom stereocenters. The SMILES string of the molecule is CCCCCCCCCCOCCOC(=O)c1cc(C)cc(C)c1. The molecule has 3 nitrogen and oxygen atoms in total. The first-order valence-electron chi connectivity index (χ1n) is 9.46. The summed E-state index contributed by atoms with van der Waals surface area (Å²) in [7, 11) is 0. The van der Waals surface area contributed by atoms with E-state index >= 15 is 0 Å². The highest BCUT2D eigenvalue weighted by atomic mass is 16.6. The van der Waals surface area contributed by atoms with Crippen LogP contribution >= 0.6 is 0 Å². The van der Waals surface area contributed by atoms with Crippen LogP contribution < -0.4 is 0 Å².